The van der Waals surface area contributed by atoms with Gasteiger partial charge >= 0.3 is 0 Å². The molecule has 0 aliphatic carbocycles. The zero-order valence-electron chi connectivity index (χ0n) is 20.3. The number of halogens is 4. The molecule has 204 valence electrons. The van der Waals surface area contributed by atoms with Gasteiger partial charge < -0.3 is 20.4 Å². The molecular formula is C28H19F4N3O4S. The lowest BCUT2D eigenvalue weighted by molar-refractivity contribution is -0.114. The second kappa shape index (κ2) is 12.8. The summed E-state index contributed by atoms with van der Waals surface area (Å²) in [5, 5.41) is 7.05. The third kappa shape index (κ3) is 7.17. The zero-order valence-corrected chi connectivity index (χ0v) is 21.2. The van der Waals surface area contributed by atoms with Crippen LogP contribution in [0.5, 0.6) is 0 Å². The first-order valence-corrected chi connectivity index (χ1v) is 12.5. The van der Waals surface area contributed by atoms with Gasteiger partial charge in [-0.1, -0.05) is 18.2 Å². The normalized spacial score (nSPS) is 11.2. The van der Waals surface area contributed by atoms with Crippen LogP contribution < -0.4 is 16.0 Å². The molecule has 3 aromatic carbocycles. The first kappa shape index (κ1) is 28.2. The van der Waals surface area contributed by atoms with Crippen LogP contribution in [0.1, 0.15) is 16.1 Å². The molecule has 0 saturated carbocycles. The Labute approximate surface area is 229 Å². The van der Waals surface area contributed by atoms with Crippen LogP contribution in [0.25, 0.3) is 6.08 Å². The first-order valence-electron chi connectivity index (χ1n) is 11.5. The Morgan fingerprint density at radius 1 is 0.825 bits per heavy atom. The van der Waals surface area contributed by atoms with E-state index in [2.05, 4.69) is 10.6 Å². The van der Waals surface area contributed by atoms with E-state index >= 15 is 0 Å². The average Bonchev–Trinajstić information content (AvgIpc) is 3.47. The second-order valence-electron chi connectivity index (χ2n) is 8.05. The van der Waals surface area contributed by atoms with Crippen molar-refractivity contribution >= 4 is 46.9 Å². The second-order valence-corrected chi connectivity index (χ2v) is 9.10. The van der Waals surface area contributed by atoms with Crippen LogP contribution in [0, 0.1) is 23.3 Å². The number of carbonyl (C=O) groups is 3. The van der Waals surface area contributed by atoms with Crippen LogP contribution in [-0.2, 0) is 9.59 Å². The first-order chi connectivity index (χ1) is 19.2. The van der Waals surface area contributed by atoms with Crippen LogP contribution in [0.15, 0.2) is 94.1 Å². The molecule has 7 nitrogen and oxygen atoms in total. The van der Waals surface area contributed by atoms with E-state index in [-0.39, 0.29) is 17.5 Å². The molecule has 0 spiro atoms. The van der Waals surface area contributed by atoms with Gasteiger partial charge in [0.15, 0.2) is 23.3 Å². The maximum Gasteiger partial charge on any atom is 0.272 e. The van der Waals surface area contributed by atoms with E-state index in [0.29, 0.717) is 21.9 Å². The number of hydrogen-bond donors (Lipinski definition) is 3. The molecule has 0 aliphatic heterocycles. The van der Waals surface area contributed by atoms with Crippen molar-refractivity contribution in [3.05, 3.63) is 119 Å². The SMILES string of the molecule is O=C(CSc1ccc(NC(=O)/C(=C/c2ccco2)NC(=O)c2ccccc2)cc1)Nc1c(F)c(F)cc(F)c1F. The number of hydrogen-bond acceptors (Lipinski definition) is 5. The Kier molecular flexibility index (Phi) is 9.02. The van der Waals surface area contributed by atoms with Crippen LogP contribution in [-0.4, -0.2) is 23.5 Å². The predicted octanol–water partition coefficient (Wildman–Crippen LogP) is 5.98. The fraction of sp³-hybridized carbons (Fsp3) is 0.0357. The number of amides is 3. The van der Waals surface area contributed by atoms with Crippen molar-refractivity contribution in [2.75, 3.05) is 16.4 Å². The van der Waals surface area contributed by atoms with Crippen molar-refractivity contribution in [3.8, 4) is 0 Å². The summed E-state index contributed by atoms with van der Waals surface area (Å²) in [6.45, 7) is 0. The minimum Gasteiger partial charge on any atom is -0.465 e. The molecule has 4 aromatic rings. The van der Waals surface area contributed by atoms with Gasteiger partial charge in [-0.3, -0.25) is 14.4 Å². The van der Waals surface area contributed by atoms with Gasteiger partial charge in [0.1, 0.15) is 17.1 Å². The summed E-state index contributed by atoms with van der Waals surface area (Å²) in [6.07, 6.45) is 2.79. The molecule has 0 bridgehead atoms. The van der Waals surface area contributed by atoms with Gasteiger partial charge in [-0.05, 0) is 48.5 Å². The molecule has 1 aromatic heterocycles. The maximum atomic E-state index is 13.8. The molecule has 3 N–H and O–H groups in total. The molecule has 0 unspecified atom stereocenters. The Hall–Kier alpha value is -4.84. The van der Waals surface area contributed by atoms with Crippen molar-refractivity contribution < 1.29 is 36.4 Å². The maximum absolute atomic E-state index is 13.8. The van der Waals surface area contributed by atoms with Crippen molar-refractivity contribution in [2.45, 2.75) is 4.90 Å². The highest BCUT2D eigenvalue weighted by Crippen LogP contribution is 2.25. The highest BCUT2D eigenvalue weighted by molar-refractivity contribution is 8.00. The highest BCUT2D eigenvalue weighted by Gasteiger charge is 2.21. The number of nitrogens with one attached hydrogen (secondary N) is 3. The quantitative estimate of drug-likeness (QED) is 0.0998. The molecule has 0 saturated heterocycles. The smallest absolute Gasteiger partial charge is 0.272 e. The lowest BCUT2D eigenvalue weighted by Crippen LogP contribution is -2.30. The minimum absolute atomic E-state index is 0.0440. The summed E-state index contributed by atoms with van der Waals surface area (Å²) in [5.74, 6) is -8.72. The lowest BCUT2D eigenvalue weighted by Gasteiger charge is -2.11. The van der Waals surface area contributed by atoms with Gasteiger partial charge in [0.05, 0.1) is 12.0 Å². The van der Waals surface area contributed by atoms with Gasteiger partial charge in [-0.15, -0.1) is 11.8 Å². The van der Waals surface area contributed by atoms with Crippen molar-refractivity contribution in [2.24, 2.45) is 0 Å². The summed E-state index contributed by atoms with van der Waals surface area (Å²) in [7, 11) is 0. The predicted molar refractivity (Wildman–Crippen MR) is 141 cm³/mol. The Morgan fingerprint density at radius 2 is 1.50 bits per heavy atom. The molecule has 12 heteroatoms. The fourth-order valence-corrected chi connectivity index (χ4v) is 4.00. The van der Waals surface area contributed by atoms with E-state index in [1.807, 2.05) is 5.32 Å². The Balaban J connectivity index is 1.38. The Morgan fingerprint density at radius 3 is 2.12 bits per heavy atom. The van der Waals surface area contributed by atoms with E-state index < -0.39 is 46.7 Å². The molecular weight excluding hydrogens is 550 g/mol. The van der Waals surface area contributed by atoms with Crippen LogP contribution in [0.2, 0.25) is 0 Å². The zero-order chi connectivity index (χ0) is 28.6. The summed E-state index contributed by atoms with van der Waals surface area (Å²) in [6, 6.07) is 17.8. The number of rotatable bonds is 9. The summed E-state index contributed by atoms with van der Waals surface area (Å²) < 4.78 is 59.5. The summed E-state index contributed by atoms with van der Waals surface area (Å²) in [4.78, 5) is 38.2. The monoisotopic (exact) mass is 569 g/mol. The van der Waals surface area contributed by atoms with E-state index in [0.717, 1.165) is 11.8 Å². The molecule has 4 rings (SSSR count). The fourth-order valence-electron chi connectivity index (χ4n) is 3.30. The molecule has 0 atom stereocenters. The number of carbonyl (C=O) groups excluding carboxylic acids is 3. The van der Waals surface area contributed by atoms with Crippen LogP contribution in [0.4, 0.5) is 28.9 Å². The topological polar surface area (TPSA) is 100 Å². The molecule has 0 aliphatic rings. The van der Waals surface area contributed by atoms with Crippen molar-refractivity contribution in [3.63, 3.8) is 0 Å². The van der Waals surface area contributed by atoms with E-state index in [4.69, 9.17) is 4.42 Å². The van der Waals surface area contributed by atoms with E-state index in [1.165, 1.54) is 24.5 Å². The number of furan rings is 1. The van der Waals surface area contributed by atoms with Gasteiger partial charge in [0.2, 0.25) is 5.91 Å². The lowest BCUT2D eigenvalue weighted by atomic mass is 10.2. The summed E-state index contributed by atoms with van der Waals surface area (Å²) >= 11 is 0.973. The van der Waals surface area contributed by atoms with Crippen LogP contribution in [0.3, 0.4) is 0 Å². The largest absolute Gasteiger partial charge is 0.465 e. The van der Waals surface area contributed by atoms with Crippen molar-refractivity contribution in [1.82, 2.24) is 5.32 Å². The number of benzene rings is 3. The molecule has 40 heavy (non-hydrogen) atoms. The number of thioether (sulfide) groups is 1. The molecule has 0 fully saturated rings. The van der Waals surface area contributed by atoms with Crippen LogP contribution >= 0.6 is 11.8 Å². The number of anilines is 2. The van der Waals surface area contributed by atoms with Gasteiger partial charge in [0, 0.05) is 28.3 Å². The van der Waals surface area contributed by atoms with Gasteiger partial charge in [0.25, 0.3) is 11.8 Å². The van der Waals surface area contributed by atoms with Gasteiger partial charge in [-0.25, -0.2) is 17.6 Å². The molecule has 0 radical (unpaired) electrons. The van der Waals surface area contributed by atoms with E-state index in [9.17, 15) is 31.9 Å². The average molecular weight is 570 g/mol. The molecule has 3 amide bonds. The summed E-state index contributed by atoms with van der Waals surface area (Å²) in [5.41, 5.74) is -0.581. The third-order valence-electron chi connectivity index (χ3n) is 5.22. The standard InChI is InChI=1S/C28H19F4N3O4S/c29-20-14-21(30)25(32)26(24(20)31)35-23(36)15-40-19-10-8-17(9-11-19)33-28(38)22(13-18-7-4-12-39-18)34-27(37)16-5-2-1-3-6-16/h1-14H,15H2,(H,33,38)(H,34,37)(H,35,36)/b22-13-. The molecule has 1 heterocycles. The minimum atomic E-state index is -1.71. The van der Waals surface area contributed by atoms with Gasteiger partial charge in [-0.2, -0.15) is 0 Å². The Bertz CT molecular complexity index is 1530. The van der Waals surface area contributed by atoms with E-state index in [1.54, 1.807) is 54.6 Å². The van der Waals surface area contributed by atoms with Crippen molar-refractivity contribution in [1.29, 1.82) is 0 Å². The highest BCUT2D eigenvalue weighted by atomic mass is 32.2. The third-order valence-corrected chi connectivity index (χ3v) is 6.23.